The SMILES string of the molecule is CC(C)(C)OCC(C)(C)OCC(=O)O. The summed E-state index contributed by atoms with van der Waals surface area (Å²) >= 11 is 0. The second-order valence-corrected chi connectivity index (χ2v) is 4.84. The number of carboxylic acids is 1. The van der Waals surface area contributed by atoms with Crippen molar-refractivity contribution in [2.45, 2.75) is 45.8 Å². The third kappa shape index (κ3) is 8.01. The molecule has 0 rings (SSSR count). The minimum atomic E-state index is -0.964. The predicted molar refractivity (Wildman–Crippen MR) is 53.4 cm³/mol. The van der Waals surface area contributed by atoms with Crippen LogP contribution in [0.5, 0.6) is 0 Å². The van der Waals surface area contributed by atoms with E-state index in [1.807, 2.05) is 34.6 Å². The van der Waals surface area contributed by atoms with Crippen LogP contribution in [0.4, 0.5) is 0 Å². The van der Waals surface area contributed by atoms with Crippen LogP contribution in [0.1, 0.15) is 34.6 Å². The van der Waals surface area contributed by atoms with Gasteiger partial charge in [-0.15, -0.1) is 0 Å². The minimum absolute atomic E-state index is 0.232. The van der Waals surface area contributed by atoms with Crippen molar-refractivity contribution in [3.8, 4) is 0 Å². The van der Waals surface area contributed by atoms with E-state index in [1.165, 1.54) is 0 Å². The van der Waals surface area contributed by atoms with Gasteiger partial charge in [0, 0.05) is 0 Å². The average Bonchev–Trinajstić information content (AvgIpc) is 1.97. The molecule has 0 aromatic rings. The number of carbonyl (C=O) groups is 1. The van der Waals surface area contributed by atoms with E-state index in [9.17, 15) is 4.79 Å². The lowest BCUT2D eigenvalue weighted by Crippen LogP contribution is -2.36. The second-order valence-electron chi connectivity index (χ2n) is 4.84. The first-order valence-corrected chi connectivity index (χ1v) is 4.62. The maximum atomic E-state index is 10.3. The molecule has 0 heterocycles. The van der Waals surface area contributed by atoms with Crippen molar-refractivity contribution in [1.29, 1.82) is 0 Å². The lowest BCUT2D eigenvalue weighted by atomic mass is 10.1. The van der Waals surface area contributed by atoms with Crippen LogP contribution in [0, 0.1) is 0 Å². The van der Waals surface area contributed by atoms with Gasteiger partial charge in [-0.1, -0.05) is 0 Å². The van der Waals surface area contributed by atoms with Gasteiger partial charge in [-0.05, 0) is 34.6 Å². The van der Waals surface area contributed by atoms with Gasteiger partial charge in [-0.2, -0.15) is 0 Å². The van der Waals surface area contributed by atoms with E-state index < -0.39 is 11.6 Å². The summed E-state index contributed by atoms with van der Waals surface area (Å²) in [5, 5.41) is 8.44. The Labute approximate surface area is 85.2 Å². The molecular weight excluding hydrogens is 184 g/mol. The van der Waals surface area contributed by atoms with Gasteiger partial charge in [0.2, 0.25) is 0 Å². The fraction of sp³-hybridized carbons (Fsp3) is 0.900. The van der Waals surface area contributed by atoms with Crippen LogP contribution < -0.4 is 0 Å². The van der Waals surface area contributed by atoms with Crippen LogP contribution in [0.25, 0.3) is 0 Å². The predicted octanol–water partition coefficient (Wildman–Crippen LogP) is 1.68. The summed E-state index contributed by atoms with van der Waals surface area (Å²) < 4.78 is 10.7. The Morgan fingerprint density at radius 3 is 2.00 bits per heavy atom. The Kier molecular flexibility index (Phi) is 4.55. The Balaban J connectivity index is 3.89. The molecule has 0 aromatic carbocycles. The number of hydrogen-bond acceptors (Lipinski definition) is 3. The van der Waals surface area contributed by atoms with E-state index in [2.05, 4.69) is 0 Å². The molecule has 0 aromatic heterocycles. The highest BCUT2D eigenvalue weighted by Gasteiger charge is 2.23. The van der Waals surface area contributed by atoms with Crippen molar-refractivity contribution in [1.82, 2.24) is 0 Å². The summed E-state index contributed by atoms with van der Waals surface area (Å²) in [5.41, 5.74) is -0.796. The van der Waals surface area contributed by atoms with Crippen LogP contribution in [0.2, 0.25) is 0 Å². The third-order valence-corrected chi connectivity index (χ3v) is 1.44. The molecule has 0 radical (unpaired) electrons. The lowest BCUT2D eigenvalue weighted by Gasteiger charge is -2.29. The molecular formula is C10H20O4. The van der Waals surface area contributed by atoms with Crippen LogP contribution in [0.3, 0.4) is 0 Å². The molecule has 4 nitrogen and oxygen atoms in total. The highest BCUT2D eigenvalue weighted by molar-refractivity contribution is 5.68. The van der Waals surface area contributed by atoms with Crippen LogP contribution in [-0.4, -0.2) is 35.5 Å². The van der Waals surface area contributed by atoms with Crippen LogP contribution in [0.15, 0.2) is 0 Å². The Morgan fingerprint density at radius 1 is 1.14 bits per heavy atom. The lowest BCUT2D eigenvalue weighted by molar-refractivity contribution is -0.155. The molecule has 0 aliphatic carbocycles. The second kappa shape index (κ2) is 4.75. The van der Waals surface area contributed by atoms with Crippen molar-refractivity contribution in [3.63, 3.8) is 0 Å². The average molecular weight is 204 g/mol. The standard InChI is InChI=1S/C10H20O4/c1-9(2,3)14-7-10(4,5)13-6-8(11)12/h6-7H2,1-5H3,(H,11,12). The fourth-order valence-electron chi connectivity index (χ4n) is 0.689. The molecule has 84 valence electrons. The van der Waals surface area contributed by atoms with E-state index in [-0.39, 0.29) is 12.2 Å². The molecule has 14 heavy (non-hydrogen) atoms. The van der Waals surface area contributed by atoms with Crippen molar-refractivity contribution in [3.05, 3.63) is 0 Å². The van der Waals surface area contributed by atoms with Gasteiger partial charge in [0.25, 0.3) is 0 Å². The van der Waals surface area contributed by atoms with Gasteiger partial charge in [0.15, 0.2) is 0 Å². The third-order valence-electron chi connectivity index (χ3n) is 1.44. The highest BCUT2D eigenvalue weighted by Crippen LogP contribution is 2.15. The first-order chi connectivity index (χ1) is 6.12. The van der Waals surface area contributed by atoms with Crippen molar-refractivity contribution in [2.24, 2.45) is 0 Å². The summed E-state index contributed by atoms with van der Waals surface area (Å²) in [6.45, 7) is 9.54. The van der Waals surface area contributed by atoms with Crippen molar-refractivity contribution >= 4 is 5.97 Å². The molecule has 0 fully saturated rings. The topological polar surface area (TPSA) is 55.8 Å². The maximum absolute atomic E-state index is 10.3. The number of ether oxygens (including phenoxy) is 2. The summed E-state index contributed by atoms with van der Waals surface area (Å²) in [7, 11) is 0. The minimum Gasteiger partial charge on any atom is -0.480 e. The molecule has 0 saturated carbocycles. The molecule has 0 amide bonds. The van der Waals surface area contributed by atoms with Crippen molar-refractivity contribution in [2.75, 3.05) is 13.2 Å². The van der Waals surface area contributed by atoms with E-state index in [4.69, 9.17) is 14.6 Å². The number of rotatable bonds is 5. The molecule has 0 saturated heterocycles. The summed E-state index contributed by atoms with van der Waals surface area (Å²) in [4.78, 5) is 10.3. The van der Waals surface area contributed by atoms with Crippen LogP contribution in [-0.2, 0) is 14.3 Å². The number of carboxylic acid groups (broad SMARTS) is 1. The van der Waals surface area contributed by atoms with E-state index in [0.29, 0.717) is 6.61 Å². The molecule has 0 unspecified atom stereocenters. The van der Waals surface area contributed by atoms with Gasteiger partial charge >= 0.3 is 5.97 Å². The molecule has 0 spiro atoms. The largest absolute Gasteiger partial charge is 0.480 e. The quantitative estimate of drug-likeness (QED) is 0.740. The molecule has 0 aliphatic heterocycles. The van der Waals surface area contributed by atoms with Gasteiger partial charge in [-0.3, -0.25) is 0 Å². The first kappa shape index (κ1) is 13.4. The van der Waals surface area contributed by atoms with Gasteiger partial charge in [0.05, 0.1) is 17.8 Å². The smallest absolute Gasteiger partial charge is 0.329 e. The zero-order valence-corrected chi connectivity index (χ0v) is 9.59. The summed E-state index contributed by atoms with van der Waals surface area (Å²) in [5.74, 6) is -0.964. The van der Waals surface area contributed by atoms with Gasteiger partial charge in [-0.25, -0.2) is 4.79 Å². The van der Waals surface area contributed by atoms with E-state index in [1.54, 1.807) is 0 Å². The maximum Gasteiger partial charge on any atom is 0.329 e. The Hall–Kier alpha value is -0.610. The molecule has 1 N–H and O–H groups in total. The highest BCUT2D eigenvalue weighted by atomic mass is 16.6. The molecule has 4 heteroatoms. The zero-order chi connectivity index (χ0) is 11.4. The number of hydrogen-bond donors (Lipinski definition) is 1. The van der Waals surface area contributed by atoms with Gasteiger partial charge < -0.3 is 14.6 Å². The Morgan fingerprint density at radius 2 is 1.64 bits per heavy atom. The first-order valence-electron chi connectivity index (χ1n) is 4.62. The molecule has 0 bridgehead atoms. The summed E-state index contributed by atoms with van der Waals surface area (Å²) in [6.07, 6.45) is 0. The monoisotopic (exact) mass is 204 g/mol. The normalized spacial score (nSPS) is 12.9. The van der Waals surface area contributed by atoms with Crippen LogP contribution >= 0.6 is 0 Å². The van der Waals surface area contributed by atoms with E-state index in [0.717, 1.165) is 0 Å². The molecule has 0 aliphatic rings. The van der Waals surface area contributed by atoms with Gasteiger partial charge in [0.1, 0.15) is 6.61 Å². The van der Waals surface area contributed by atoms with Crippen molar-refractivity contribution < 1.29 is 19.4 Å². The Bertz CT molecular complexity index is 191. The number of aliphatic carboxylic acids is 1. The molecule has 0 atom stereocenters. The fourth-order valence-corrected chi connectivity index (χ4v) is 0.689. The van der Waals surface area contributed by atoms with E-state index >= 15 is 0 Å². The summed E-state index contributed by atoms with van der Waals surface area (Å²) in [6, 6.07) is 0. The zero-order valence-electron chi connectivity index (χ0n) is 9.59.